The lowest BCUT2D eigenvalue weighted by Gasteiger charge is -2.32. The van der Waals surface area contributed by atoms with E-state index < -0.39 is 0 Å². The van der Waals surface area contributed by atoms with E-state index in [2.05, 4.69) is 52.9 Å². The zero-order valence-electron chi connectivity index (χ0n) is 13.6. The molecule has 0 amide bonds. The monoisotopic (exact) mass is 301 g/mol. The van der Waals surface area contributed by atoms with Gasteiger partial charge in [-0.05, 0) is 30.7 Å². The summed E-state index contributed by atoms with van der Waals surface area (Å²) in [5, 5.41) is 6.97. The summed E-state index contributed by atoms with van der Waals surface area (Å²) in [6.07, 6.45) is 3.78. The molecular weight excluding hydrogens is 274 g/mol. The molecule has 0 spiro atoms. The maximum absolute atomic E-state index is 6.05. The smallest absolute Gasteiger partial charge is 0.191 e. The van der Waals surface area contributed by atoms with Gasteiger partial charge in [-0.25, -0.2) is 0 Å². The lowest BCUT2D eigenvalue weighted by Crippen LogP contribution is -2.43. The highest BCUT2D eigenvalue weighted by Gasteiger charge is 2.33. The molecule has 2 aliphatic rings. The third-order valence-electron chi connectivity index (χ3n) is 4.76. The number of ether oxygens (including phenoxy) is 1. The third kappa shape index (κ3) is 3.80. The van der Waals surface area contributed by atoms with Crippen molar-refractivity contribution in [3.8, 4) is 0 Å². The SMILES string of the molecule is CN=C(NCC1CCCOC1c1ccccc1)NC1CC1C. The Kier molecular flexibility index (Phi) is 4.98. The Bertz CT molecular complexity index is 502. The van der Waals surface area contributed by atoms with Gasteiger partial charge >= 0.3 is 0 Å². The molecule has 4 heteroatoms. The van der Waals surface area contributed by atoms with Crippen molar-refractivity contribution in [3.05, 3.63) is 35.9 Å². The average molecular weight is 301 g/mol. The summed E-state index contributed by atoms with van der Waals surface area (Å²) in [6.45, 7) is 4.04. The fraction of sp³-hybridized carbons (Fsp3) is 0.611. The van der Waals surface area contributed by atoms with Crippen molar-refractivity contribution in [1.29, 1.82) is 0 Å². The zero-order valence-corrected chi connectivity index (χ0v) is 13.6. The molecule has 3 rings (SSSR count). The number of nitrogens with one attached hydrogen (secondary N) is 2. The minimum absolute atomic E-state index is 0.195. The van der Waals surface area contributed by atoms with Gasteiger partial charge in [0.1, 0.15) is 0 Å². The van der Waals surface area contributed by atoms with Gasteiger partial charge in [-0.2, -0.15) is 0 Å². The van der Waals surface area contributed by atoms with Crippen molar-refractivity contribution in [2.75, 3.05) is 20.2 Å². The molecule has 1 aromatic rings. The molecule has 1 saturated heterocycles. The molecule has 4 nitrogen and oxygen atoms in total. The molecule has 1 aliphatic heterocycles. The van der Waals surface area contributed by atoms with Crippen LogP contribution in [0.25, 0.3) is 0 Å². The zero-order chi connectivity index (χ0) is 15.4. The Morgan fingerprint density at radius 3 is 2.77 bits per heavy atom. The molecule has 2 N–H and O–H groups in total. The van der Waals surface area contributed by atoms with Crippen LogP contribution in [-0.2, 0) is 4.74 Å². The first-order valence-corrected chi connectivity index (χ1v) is 8.41. The number of hydrogen-bond acceptors (Lipinski definition) is 2. The number of rotatable bonds is 4. The minimum Gasteiger partial charge on any atom is -0.373 e. The highest BCUT2D eigenvalue weighted by Crippen LogP contribution is 2.33. The van der Waals surface area contributed by atoms with E-state index in [1.165, 1.54) is 18.4 Å². The van der Waals surface area contributed by atoms with Crippen LogP contribution in [0, 0.1) is 11.8 Å². The number of hydrogen-bond donors (Lipinski definition) is 2. The van der Waals surface area contributed by atoms with Gasteiger partial charge in [0.05, 0.1) is 6.10 Å². The standard InChI is InChI=1S/C18H27N3O/c1-13-11-16(13)21-18(19-2)20-12-15-9-6-10-22-17(15)14-7-4-3-5-8-14/h3-5,7-8,13,15-17H,6,9-12H2,1-2H3,(H2,19,20,21). The van der Waals surface area contributed by atoms with Crippen LogP contribution in [-0.4, -0.2) is 32.2 Å². The van der Waals surface area contributed by atoms with Crippen molar-refractivity contribution in [2.45, 2.75) is 38.3 Å². The van der Waals surface area contributed by atoms with Crippen molar-refractivity contribution < 1.29 is 4.74 Å². The number of nitrogens with zero attached hydrogens (tertiary/aromatic N) is 1. The van der Waals surface area contributed by atoms with Crippen LogP contribution in [0.5, 0.6) is 0 Å². The number of guanidine groups is 1. The topological polar surface area (TPSA) is 45.7 Å². The molecule has 0 radical (unpaired) electrons. The molecule has 4 unspecified atom stereocenters. The van der Waals surface area contributed by atoms with Crippen LogP contribution >= 0.6 is 0 Å². The predicted octanol–water partition coefficient (Wildman–Crippen LogP) is 2.73. The highest BCUT2D eigenvalue weighted by molar-refractivity contribution is 5.80. The van der Waals surface area contributed by atoms with E-state index in [9.17, 15) is 0 Å². The highest BCUT2D eigenvalue weighted by atomic mass is 16.5. The molecule has 4 atom stereocenters. The third-order valence-corrected chi connectivity index (χ3v) is 4.76. The summed E-state index contributed by atoms with van der Waals surface area (Å²) < 4.78 is 6.05. The van der Waals surface area contributed by atoms with Gasteiger partial charge in [-0.15, -0.1) is 0 Å². The van der Waals surface area contributed by atoms with E-state index in [1.54, 1.807) is 0 Å². The van der Waals surface area contributed by atoms with Gasteiger partial charge in [-0.1, -0.05) is 37.3 Å². The van der Waals surface area contributed by atoms with E-state index in [-0.39, 0.29) is 6.10 Å². The Morgan fingerprint density at radius 1 is 1.32 bits per heavy atom. The Balaban J connectivity index is 1.57. The summed E-state index contributed by atoms with van der Waals surface area (Å²) in [5.74, 6) is 2.19. The molecule has 1 aromatic carbocycles. The lowest BCUT2D eigenvalue weighted by atomic mass is 9.89. The van der Waals surface area contributed by atoms with Gasteiger partial charge in [0, 0.05) is 32.2 Å². The first-order valence-electron chi connectivity index (χ1n) is 8.41. The normalized spacial score (nSPS) is 31.6. The van der Waals surface area contributed by atoms with Crippen LogP contribution in [0.4, 0.5) is 0 Å². The molecule has 120 valence electrons. The average Bonchev–Trinajstić information content (AvgIpc) is 3.27. The fourth-order valence-electron chi connectivity index (χ4n) is 3.18. The van der Waals surface area contributed by atoms with Gasteiger partial charge in [0.2, 0.25) is 0 Å². The van der Waals surface area contributed by atoms with Crippen molar-refractivity contribution in [3.63, 3.8) is 0 Å². The second-order valence-electron chi connectivity index (χ2n) is 6.52. The van der Waals surface area contributed by atoms with E-state index >= 15 is 0 Å². The summed E-state index contributed by atoms with van der Waals surface area (Å²) in [4.78, 5) is 4.34. The van der Waals surface area contributed by atoms with Crippen LogP contribution in [0.2, 0.25) is 0 Å². The van der Waals surface area contributed by atoms with Gasteiger partial charge in [0.25, 0.3) is 0 Å². The van der Waals surface area contributed by atoms with Crippen LogP contribution in [0.15, 0.2) is 35.3 Å². The first kappa shape index (κ1) is 15.3. The van der Waals surface area contributed by atoms with Gasteiger partial charge < -0.3 is 15.4 Å². The van der Waals surface area contributed by atoms with E-state index in [0.717, 1.165) is 31.4 Å². The molecule has 2 fully saturated rings. The van der Waals surface area contributed by atoms with Crippen LogP contribution in [0.1, 0.15) is 37.9 Å². The molecule has 1 saturated carbocycles. The molecule has 22 heavy (non-hydrogen) atoms. The van der Waals surface area contributed by atoms with Gasteiger partial charge in [-0.3, -0.25) is 4.99 Å². The van der Waals surface area contributed by atoms with E-state index in [1.807, 2.05) is 7.05 Å². The lowest BCUT2D eigenvalue weighted by molar-refractivity contribution is -0.0265. The minimum atomic E-state index is 0.195. The number of benzene rings is 1. The van der Waals surface area contributed by atoms with E-state index in [0.29, 0.717) is 12.0 Å². The van der Waals surface area contributed by atoms with Crippen molar-refractivity contribution in [2.24, 2.45) is 16.8 Å². The molecule has 1 heterocycles. The Hall–Kier alpha value is -1.55. The predicted molar refractivity (Wildman–Crippen MR) is 89.9 cm³/mol. The summed E-state index contributed by atoms with van der Waals surface area (Å²) >= 11 is 0. The van der Waals surface area contributed by atoms with E-state index in [4.69, 9.17) is 4.74 Å². The second-order valence-corrected chi connectivity index (χ2v) is 6.52. The number of aliphatic imine (C=N–C) groups is 1. The second kappa shape index (κ2) is 7.14. The molecule has 1 aliphatic carbocycles. The quantitative estimate of drug-likeness (QED) is 0.664. The molecule has 0 aromatic heterocycles. The summed E-state index contributed by atoms with van der Waals surface area (Å²) in [6, 6.07) is 11.2. The molecule has 0 bridgehead atoms. The van der Waals surface area contributed by atoms with Crippen molar-refractivity contribution >= 4 is 5.96 Å². The summed E-state index contributed by atoms with van der Waals surface area (Å²) in [7, 11) is 1.84. The maximum atomic E-state index is 6.05. The maximum Gasteiger partial charge on any atom is 0.191 e. The van der Waals surface area contributed by atoms with Crippen LogP contribution < -0.4 is 10.6 Å². The first-order chi connectivity index (χ1) is 10.8. The summed E-state index contributed by atoms with van der Waals surface area (Å²) in [5.41, 5.74) is 1.28. The van der Waals surface area contributed by atoms with Crippen molar-refractivity contribution in [1.82, 2.24) is 10.6 Å². The van der Waals surface area contributed by atoms with Crippen LogP contribution in [0.3, 0.4) is 0 Å². The van der Waals surface area contributed by atoms with Gasteiger partial charge in [0.15, 0.2) is 5.96 Å². The largest absolute Gasteiger partial charge is 0.373 e. The molecular formula is C18H27N3O. The Labute approximate surface area is 133 Å². The Morgan fingerprint density at radius 2 is 2.09 bits per heavy atom. The fourth-order valence-corrected chi connectivity index (χ4v) is 3.18.